The second kappa shape index (κ2) is 7.88. The van der Waals surface area contributed by atoms with Gasteiger partial charge < -0.3 is 10.2 Å². The van der Waals surface area contributed by atoms with Gasteiger partial charge in [-0.1, -0.05) is 24.3 Å². The maximum absolute atomic E-state index is 13.6. The van der Waals surface area contributed by atoms with Gasteiger partial charge in [-0.3, -0.25) is 9.88 Å². The van der Waals surface area contributed by atoms with Crippen LogP contribution in [0.15, 0.2) is 48.8 Å². The van der Waals surface area contributed by atoms with Crippen molar-refractivity contribution in [3.63, 3.8) is 0 Å². The van der Waals surface area contributed by atoms with Crippen LogP contribution >= 0.6 is 0 Å². The van der Waals surface area contributed by atoms with E-state index in [1.807, 2.05) is 12.3 Å². The van der Waals surface area contributed by atoms with E-state index in [9.17, 15) is 9.18 Å². The van der Waals surface area contributed by atoms with E-state index in [2.05, 4.69) is 21.3 Å². The molecule has 2 amide bonds. The predicted octanol–water partition coefficient (Wildman–Crippen LogP) is 2.25. The molecule has 1 aliphatic heterocycles. The third-order valence-corrected chi connectivity index (χ3v) is 4.18. The molecule has 126 valence electrons. The Morgan fingerprint density at radius 2 is 1.92 bits per heavy atom. The van der Waals surface area contributed by atoms with Crippen LogP contribution < -0.4 is 5.32 Å². The van der Waals surface area contributed by atoms with E-state index >= 15 is 0 Å². The molecule has 1 aromatic carbocycles. The lowest BCUT2D eigenvalue weighted by molar-refractivity contribution is 0.135. The van der Waals surface area contributed by atoms with E-state index in [0.717, 1.165) is 19.6 Å². The van der Waals surface area contributed by atoms with Gasteiger partial charge >= 0.3 is 6.03 Å². The molecule has 2 heterocycles. The lowest BCUT2D eigenvalue weighted by atomic mass is 10.2. The fraction of sp³-hybridized carbons (Fsp3) is 0.333. The molecule has 0 radical (unpaired) electrons. The topological polar surface area (TPSA) is 48.5 Å². The van der Waals surface area contributed by atoms with E-state index in [0.29, 0.717) is 18.7 Å². The number of nitrogens with zero attached hydrogens (tertiary/aromatic N) is 3. The van der Waals surface area contributed by atoms with Crippen LogP contribution in [0.1, 0.15) is 11.1 Å². The van der Waals surface area contributed by atoms with Gasteiger partial charge in [0.25, 0.3) is 0 Å². The van der Waals surface area contributed by atoms with Crippen LogP contribution in [0.2, 0.25) is 0 Å². The van der Waals surface area contributed by atoms with Crippen molar-refractivity contribution in [1.29, 1.82) is 0 Å². The fourth-order valence-corrected chi connectivity index (χ4v) is 2.78. The summed E-state index contributed by atoms with van der Waals surface area (Å²) in [4.78, 5) is 20.4. The van der Waals surface area contributed by atoms with Gasteiger partial charge in [0.15, 0.2) is 0 Å². The molecule has 0 bridgehead atoms. The van der Waals surface area contributed by atoms with Crippen LogP contribution in [-0.4, -0.2) is 47.0 Å². The number of pyridine rings is 1. The largest absolute Gasteiger partial charge is 0.334 e. The van der Waals surface area contributed by atoms with Crippen molar-refractivity contribution in [2.75, 3.05) is 26.2 Å². The highest BCUT2D eigenvalue weighted by Crippen LogP contribution is 2.09. The summed E-state index contributed by atoms with van der Waals surface area (Å²) in [5.41, 5.74) is 1.68. The Kier molecular flexibility index (Phi) is 5.38. The predicted molar refractivity (Wildman–Crippen MR) is 89.7 cm³/mol. The first-order valence-corrected chi connectivity index (χ1v) is 8.10. The summed E-state index contributed by atoms with van der Waals surface area (Å²) in [6.07, 6.45) is 3.63. The molecule has 0 saturated carbocycles. The number of carbonyl (C=O) groups is 1. The molecule has 0 aliphatic carbocycles. The van der Waals surface area contributed by atoms with Crippen molar-refractivity contribution in [3.05, 3.63) is 65.7 Å². The summed E-state index contributed by atoms with van der Waals surface area (Å²) < 4.78 is 13.6. The summed E-state index contributed by atoms with van der Waals surface area (Å²) in [7, 11) is 0. The maximum Gasteiger partial charge on any atom is 0.317 e. The Hall–Kier alpha value is -2.47. The Labute approximate surface area is 141 Å². The SMILES string of the molecule is O=C(NCc1ccccc1F)N1CCN(Cc2cccnc2)CC1. The van der Waals surface area contributed by atoms with Crippen molar-refractivity contribution in [1.82, 2.24) is 20.1 Å². The van der Waals surface area contributed by atoms with Crippen LogP contribution in [0.4, 0.5) is 9.18 Å². The minimum atomic E-state index is -0.293. The van der Waals surface area contributed by atoms with Crippen LogP contribution in [0, 0.1) is 5.82 Å². The third-order valence-electron chi connectivity index (χ3n) is 4.18. The number of nitrogens with one attached hydrogen (secondary N) is 1. The number of aromatic nitrogens is 1. The second-order valence-electron chi connectivity index (χ2n) is 5.87. The molecule has 1 aromatic heterocycles. The minimum absolute atomic E-state index is 0.140. The minimum Gasteiger partial charge on any atom is -0.334 e. The number of rotatable bonds is 4. The van der Waals surface area contributed by atoms with E-state index in [1.165, 1.54) is 11.6 Å². The molecule has 1 saturated heterocycles. The highest BCUT2D eigenvalue weighted by molar-refractivity contribution is 5.74. The van der Waals surface area contributed by atoms with Crippen LogP contribution in [0.5, 0.6) is 0 Å². The van der Waals surface area contributed by atoms with Gasteiger partial charge in [-0.05, 0) is 17.7 Å². The Morgan fingerprint density at radius 1 is 1.12 bits per heavy atom. The molecule has 0 atom stereocenters. The zero-order valence-electron chi connectivity index (χ0n) is 13.5. The van der Waals surface area contributed by atoms with Gasteiger partial charge in [0.2, 0.25) is 0 Å². The average molecular weight is 328 g/mol. The summed E-state index contributed by atoms with van der Waals surface area (Å²) in [6, 6.07) is 10.3. The van der Waals surface area contributed by atoms with Crippen LogP contribution in [0.25, 0.3) is 0 Å². The second-order valence-corrected chi connectivity index (χ2v) is 5.87. The standard InChI is InChI=1S/C18H21FN4O/c19-17-6-2-1-5-16(17)13-21-18(24)23-10-8-22(9-11-23)14-15-4-3-7-20-12-15/h1-7,12H,8-11,13-14H2,(H,21,24). The first-order valence-electron chi connectivity index (χ1n) is 8.10. The fourth-order valence-electron chi connectivity index (χ4n) is 2.78. The molecule has 3 rings (SSSR count). The molecule has 6 heteroatoms. The lowest BCUT2D eigenvalue weighted by Crippen LogP contribution is -2.51. The normalized spacial score (nSPS) is 15.3. The van der Waals surface area contributed by atoms with Crippen LogP contribution in [0.3, 0.4) is 0 Å². The Morgan fingerprint density at radius 3 is 2.62 bits per heavy atom. The van der Waals surface area contributed by atoms with E-state index in [-0.39, 0.29) is 18.4 Å². The molecule has 2 aromatic rings. The van der Waals surface area contributed by atoms with Gasteiger partial charge in [-0.15, -0.1) is 0 Å². The highest BCUT2D eigenvalue weighted by atomic mass is 19.1. The zero-order chi connectivity index (χ0) is 16.8. The van der Waals surface area contributed by atoms with E-state index < -0.39 is 0 Å². The number of hydrogen-bond donors (Lipinski definition) is 1. The van der Waals surface area contributed by atoms with Gasteiger partial charge in [0.1, 0.15) is 5.82 Å². The average Bonchev–Trinajstić information content (AvgIpc) is 2.62. The van der Waals surface area contributed by atoms with Crippen molar-refractivity contribution < 1.29 is 9.18 Å². The first kappa shape index (κ1) is 16.4. The van der Waals surface area contributed by atoms with Gasteiger partial charge in [-0.2, -0.15) is 0 Å². The molecule has 0 spiro atoms. The monoisotopic (exact) mass is 328 g/mol. The molecular formula is C18H21FN4O. The Balaban J connectivity index is 1.44. The number of benzene rings is 1. The molecular weight excluding hydrogens is 307 g/mol. The zero-order valence-corrected chi connectivity index (χ0v) is 13.5. The van der Waals surface area contributed by atoms with E-state index in [4.69, 9.17) is 0 Å². The smallest absolute Gasteiger partial charge is 0.317 e. The number of amides is 2. The third kappa shape index (κ3) is 4.29. The van der Waals surface area contributed by atoms with Crippen molar-refractivity contribution >= 4 is 6.03 Å². The number of urea groups is 1. The van der Waals surface area contributed by atoms with Crippen molar-refractivity contribution in [2.24, 2.45) is 0 Å². The highest BCUT2D eigenvalue weighted by Gasteiger charge is 2.21. The maximum atomic E-state index is 13.6. The summed E-state index contributed by atoms with van der Waals surface area (Å²) in [5, 5.41) is 2.79. The molecule has 1 aliphatic rings. The number of halogens is 1. The van der Waals surface area contributed by atoms with E-state index in [1.54, 1.807) is 29.3 Å². The molecule has 24 heavy (non-hydrogen) atoms. The number of carbonyl (C=O) groups excluding carboxylic acids is 1. The van der Waals surface area contributed by atoms with Crippen molar-refractivity contribution in [2.45, 2.75) is 13.1 Å². The quantitative estimate of drug-likeness (QED) is 0.936. The molecule has 1 fully saturated rings. The van der Waals surface area contributed by atoms with Gasteiger partial charge in [-0.25, -0.2) is 9.18 Å². The van der Waals surface area contributed by atoms with Crippen molar-refractivity contribution in [3.8, 4) is 0 Å². The molecule has 0 unspecified atom stereocenters. The van der Waals surface area contributed by atoms with Crippen LogP contribution in [-0.2, 0) is 13.1 Å². The number of piperazine rings is 1. The van der Waals surface area contributed by atoms with Gasteiger partial charge in [0.05, 0.1) is 0 Å². The first-order chi connectivity index (χ1) is 11.7. The Bertz CT molecular complexity index is 672. The molecule has 1 N–H and O–H groups in total. The summed E-state index contributed by atoms with van der Waals surface area (Å²) in [5.74, 6) is -0.293. The van der Waals surface area contributed by atoms with Gasteiger partial charge in [0, 0.05) is 57.2 Å². The summed E-state index contributed by atoms with van der Waals surface area (Å²) in [6.45, 7) is 4.04. The molecule has 5 nitrogen and oxygen atoms in total. The summed E-state index contributed by atoms with van der Waals surface area (Å²) >= 11 is 0. The number of hydrogen-bond acceptors (Lipinski definition) is 3. The lowest BCUT2D eigenvalue weighted by Gasteiger charge is -2.34.